The minimum atomic E-state index is -0.106. The fourth-order valence-electron chi connectivity index (χ4n) is 3.48. The van der Waals surface area contributed by atoms with Gasteiger partial charge in [0.25, 0.3) is 5.91 Å². The average Bonchev–Trinajstić information content (AvgIpc) is 3.22. The maximum atomic E-state index is 12.3. The zero-order valence-electron chi connectivity index (χ0n) is 16.1. The highest BCUT2D eigenvalue weighted by Gasteiger charge is 2.24. The zero-order valence-corrected chi connectivity index (χ0v) is 16.1. The third-order valence-electron chi connectivity index (χ3n) is 5.00. The molecular weight excluding hydrogens is 340 g/mol. The van der Waals surface area contributed by atoms with Crippen LogP contribution in [0, 0.1) is 6.92 Å². The van der Waals surface area contributed by atoms with Crippen LogP contribution in [-0.4, -0.2) is 44.2 Å². The number of hydrogen-bond acceptors (Lipinski definition) is 4. The van der Waals surface area contributed by atoms with E-state index in [4.69, 9.17) is 9.47 Å². The van der Waals surface area contributed by atoms with Crippen LogP contribution in [0.3, 0.4) is 0 Å². The van der Waals surface area contributed by atoms with Gasteiger partial charge in [0.1, 0.15) is 11.5 Å². The lowest BCUT2D eigenvalue weighted by Crippen LogP contribution is -2.38. The minimum Gasteiger partial charge on any atom is -0.497 e. The van der Waals surface area contributed by atoms with Gasteiger partial charge in [0, 0.05) is 6.54 Å². The van der Waals surface area contributed by atoms with Crippen LogP contribution in [0.15, 0.2) is 48.5 Å². The Balaban J connectivity index is 1.60. The first-order valence-corrected chi connectivity index (χ1v) is 9.50. The van der Waals surface area contributed by atoms with E-state index in [1.807, 2.05) is 43.3 Å². The Kier molecular flexibility index (Phi) is 6.71. The van der Waals surface area contributed by atoms with Gasteiger partial charge in [-0.3, -0.25) is 9.69 Å². The Bertz CT molecular complexity index is 757. The second-order valence-electron chi connectivity index (χ2n) is 6.89. The molecule has 0 aromatic heterocycles. The van der Waals surface area contributed by atoms with E-state index >= 15 is 0 Å². The molecule has 1 fully saturated rings. The van der Waals surface area contributed by atoms with Crippen molar-refractivity contribution in [1.29, 1.82) is 0 Å². The van der Waals surface area contributed by atoms with Crippen molar-refractivity contribution in [2.24, 2.45) is 0 Å². The molecule has 0 aliphatic carbocycles. The first-order chi connectivity index (χ1) is 13.2. The fraction of sp³-hybridized carbons (Fsp3) is 0.409. The van der Waals surface area contributed by atoms with Gasteiger partial charge < -0.3 is 14.8 Å². The monoisotopic (exact) mass is 368 g/mol. The zero-order chi connectivity index (χ0) is 19.1. The molecule has 3 rings (SSSR count). The number of ether oxygens (including phenoxy) is 2. The molecule has 5 nitrogen and oxygen atoms in total. The van der Waals surface area contributed by atoms with Gasteiger partial charge in [0.05, 0.1) is 13.2 Å². The molecule has 2 aromatic carbocycles. The van der Waals surface area contributed by atoms with Gasteiger partial charge in [0.2, 0.25) is 0 Å². The summed E-state index contributed by atoms with van der Waals surface area (Å²) >= 11 is 0. The SMILES string of the molecule is COc1cccc(C(CNC(=O)COc2ccccc2C)N2CCCC2)c1. The Morgan fingerprint density at radius 3 is 2.67 bits per heavy atom. The summed E-state index contributed by atoms with van der Waals surface area (Å²) < 4.78 is 11.0. The van der Waals surface area contributed by atoms with E-state index < -0.39 is 0 Å². The quantitative estimate of drug-likeness (QED) is 0.776. The molecule has 1 aliphatic rings. The molecule has 0 bridgehead atoms. The number of hydrogen-bond donors (Lipinski definition) is 1. The molecular formula is C22H28N2O3. The summed E-state index contributed by atoms with van der Waals surface area (Å²) in [5, 5.41) is 3.04. The smallest absolute Gasteiger partial charge is 0.258 e. The van der Waals surface area contributed by atoms with Gasteiger partial charge in [-0.15, -0.1) is 0 Å². The van der Waals surface area contributed by atoms with Crippen LogP contribution < -0.4 is 14.8 Å². The number of rotatable bonds is 8. The second-order valence-corrected chi connectivity index (χ2v) is 6.89. The molecule has 1 unspecified atom stereocenters. The molecule has 0 spiro atoms. The number of likely N-dealkylation sites (tertiary alicyclic amines) is 1. The van der Waals surface area contributed by atoms with E-state index in [1.54, 1.807) is 7.11 Å². The first kappa shape index (κ1) is 19.2. The highest BCUT2D eigenvalue weighted by Crippen LogP contribution is 2.27. The summed E-state index contributed by atoms with van der Waals surface area (Å²) in [5.41, 5.74) is 2.19. The first-order valence-electron chi connectivity index (χ1n) is 9.50. The molecule has 1 heterocycles. The number of nitrogens with zero attached hydrogens (tertiary/aromatic N) is 1. The van der Waals surface area contributed by atoms with Gasteiger partial charge in [-0.1, -0.05) is 30.3 Å². The number of para-hydroxylation sites is 1. The number of carbonyl (C=O) groups is 1. The lowest BCUT2D eigenvalue weighted by molar-refractivity contribution is -0.123. The van der Waals surface area contributed by atoms with Crippen molar-refractivity contribution in [2.75, 3.05) is 33.4 Å². The van der Waals surface area contributed by atoms with Crippen molar-refractivity contribution in [3.8, 4) is 11.5 Å². The van der Waals surface area contributed by atoms with E-state index in [9.17, 15) is 4.79 Å². The Labute approximate surface area is 161 Å². The summed E-state index contributed by atoms with van der Waals surface area (Å²) in [6.45, 7) is 4.66. The summed E-state index contributed by atoms with van der Waals surface area (Å²) in [4.78, 5) is 14.7. The summed E-state index contributed by atoms with van der Waals surface area (Å²) in [6.07, 6.45) is 2.40. The molecule has 5 heteroatoms. The third-order valence-corrected chi connectivity index (χ3v) is 5.00. The highest BCUT2D eigenvalue weighted by atomic mass is 16.5. The standard InChI is InChI=1S/C22H28N2O3/c1-17-8-3-4-11-21(17)27-16-22(25)23-15-20(24-12-5-6-13-24)18-9-7-10-19(14-18)26-2/h3-4,7-11,14,20H,5-6,12-13,15-16H2,1-2H3,(H,23,25). The molecule has 0 radical (unpaired) electrons. The van der Waals surface area contributed by atoms with Gasteiger partial charge >= 0.3 is 0 Å². The number of nitrogens with one attached hydrogen (secondary N) is 1. The Hall–Kier alpha value is -2.53. The number of carbonyl (C=O) groups excluding carboxylic acids is 1. The van der Waals surface area contributed by atoms with Crippen molar-refractivity contribution in [3.05, 3.63) is 59.7 Å². The molecule has 1 saturated heterocycles. The van der Waals surface area contributed by atoms with E-state index in [2.05, 4.69) is 22.3 Å². The number of benzene rings is 2. The molecule has 27 heavy (non-hydrogen) atoms. The molecule has 2 aromatic rings. The summed E-state index contributed by atoms with van der Waals surface area (Å²) in [6, 6.07) is 16.0. The van der Waals surface area contributed by atoms with Crippen LogP contribution in [0.5, 0.6) is 11.5 Å². The van der Waals surface area contributed by atoms with Crippen molar-refractivity contribution in [3.63, 3.8) is 0 Å². The van der Waals surface area contributed by atoms with Crippen molar-refractivity contribution >= 4 is 5.91 Å². The molecule has 144 valence electrons. The number of methoxy groups -OCH3 is 1. The number of amides is 1. The maximum absolute atomic E-state index is 12.3. The van der Waals surface area contributed by atoms with Crippen LogP contribution in [0.4, 0.5) is 0 Å². The van der Waals surface area contributed by atoms with E-state index in [0.29, 0.717) is 6.54 Å². The van der Waals surface area contributed by atoms with Gasteiger partial charge in [0.15, 0.2) is 6.61 Å². The van der Waals surface area contributed by atoms with Crippen LogP contribution >= 0.6 is 0 Å². The maximum Gasteiger partial charge on any atom is 0.258 e. The predicted octanol–water partition coefficient (Wildman–Crippen LogP) is 3.34. The lowest BCUT2D eigenvalue weighted by atomic mass is 10.0. The van der Waals surface area contributed by atoms with Gasteiger partial charge in [-0.2, -0.15) is 0 Å². The van der Waals surface area contributed by atoms with Crippen molar-refractivity contribution in [2.45, 2.75) is 25.8 Å². The third kappa shape index (κ3) is 5.23. The fourth-order valence-corrected chi connectivity index (χ4v) is 3.48. The molecule has 1 N–H and O–H groups in total. The largest absolute Gasteiger partial charge is 0.497 e. The predicted molar refractivity (Wildman–Crippen MR) is 106 cm³/mol. The Morgan fingerprint density at radius 1 is 1.15 bits per heavy atom. The molecule has 1 atom stereocenters. The van der Waals surface area contributed by atoms with Gasteiger partial charge in [-0.05, 0) is 62.2 Å². The van der Waals surface area contributed by atoms with Crippen LogP contribution in [0.25, 0.3) is 0 Å². The van der Waals surface area contributed by atoms with Crippen LogP contribution in [-0.2, 0) is 4.79 Å². The molecule has 1 amide bonds. The van der Waals surface area contributed by atoms with E-state index in [-0.39, 0.29) is 18.6 Å². The lowest BCUT2D eigenvalue weighted by Gasteiger charge is -2.28. The average molecular weight is 368 g/mol. The van der Waals surface area contributed by atoms with Crippen molar-refractivity contribution in [1.82, 2.24) is 10.2 Å². The van der Waals surface area contributed by atoms with Crippen LogP contribution in [0.2, 0.25) is 0 Å². The normalized spacial score (nSPS) is 15.3. The topological polar surface area (TPSA) is 50.8 Å². The second kappa shape index (κ2) is 9.42. The summed E-state index contributed by atoms with van der Waals surface area (Å²) in [5.74, 6) is 1.48. The van der Waals surface area contributed by atoms with Crippen molar-refractivity contribution < 1.29 is 14.3 Å². The Morgan fingerprint density at radius 2 is 1.93 bits per heavy atom. The highest BCUT2D eigenvalue weighted by molar-refractivity contribution is 5.77. The summed E-state index contributed by atoms with van der Waals surface area (Å²) in [7, 11) is 1.68. The van der Waals surface area contributed by atoms with Crippen LogP contribution in [0.1, 0.15) is 30.0 Å². The molecule has 1 aliphatic heterocycles. The number of aryl methyl sites for hydroxylation is 1. The van der Waals surface area contributed by atoms with E-state index in [0.717, 1.165) is 35.7 Å². The molecule has 0 saturated carbocycles. The van der Waals surface area contributed by atoms with Gasteiger partial charge in [-0.25, -0.2) is 0 Å². The van der Waals surface area contributed by atoms with E-state index in [1.165, 1.54) is 12.8 Å². The minimum absolute atomic E-state index is 0.0235.